The molecule has 0 atom stereocenters. The highest BCUT2D eigenvalue weighted by atomic mass is 32.2. The third kappa shape index (κ3) is 6.39. The zero-order valence-corrected chi connectivity index (χ0v) is 16.1. The number of hydrogen-bond acceptors (Lipinski definition) is 5. The van der Waals surface area contributed by atoms with Crippen molar-refractivity contribution >= 4 is 21.8 Å². The van der Waals surface area contributed by atoms with Gasteiger partial charge in [-0.2, -0.15) is 0 Å². The SMILES string of the molecule is Cc1ccc(C(=O)NCCNC(=O)CCNS(=O)(=O)c2cccnc2)cc1F. The number of carbonyl (C=O) groups excluding carboxylic acids is 2. The van der Waals surface area contributed by atoms with Crippen molar-refractivity contribution in [3.63, 3.8) is 0 Å². The van der Waals surface area contributed by atoms with Gasteiger partial charge in [0.1, 0.15) is 10.7 Å². The summed E-state index contributed by atoms with van der Waals surface area (Å²) in [6.07, 6.45) is 2.61. The Morgan fingerprint density at radius 1 is 1.11 bits per heavy atom. The number of halogens is 1. The molecule has 1 aromatic heterocycles. The van der Waals surface area contributed by atoms with Crippen LogP contribution in [0.4, 0.5) is 4.39 Å². The largest absolute Gasteiger partial charge is 0.354 e. The summed E-state index contributed by atoms with van der Waals surface area (Å²) < 4.78 is 39.7. The zero-order chi connectivity index (χ0) is 20.6. The van der Waals surface area contributed by atoms with E-state index in [-0.39, 0.29) is 42.4 Å². The van der Waals surface area contributed by atoms with Gasteiger partial charge < -0.3 is 10.6 Å². The summed E-state index contributed by atoms with van der Waals surface area (Å²) in [7, 11) is -3.71. The van der Waals surface area contributed by atoms with Crippen LogP contribution in [-0.4, -0.2) is 44.9 Å². The number of sulfonamides is 1. The van der Waals surface area contributed by atoms with Gasteiger partial charge in [-0.1, -0.05) is 6.07 Å². The lowest BCUT2D eigenvalue weighted by atomic mass is 10.1. The molecule has 0 radical (unpaired) electrons. The van der Waals surface area contributed by atoms with Crippen LogP contribution in [-0.2, 0) is 14.8 Å². The van der Waals surface area contributed by atoms with Gasteiger partial charge in [-0.3, -0.25) is 14.6 Å². The third-order valence-corrected chi connectivity index (χ3v) is 5.20. The maximum atomic E-state index is 13.5. The van der Waals surface area contributed by atoms with E-state index in [9.17, 15) is 22.4 Å². The van der Waals surface area contributed by atoms with Crippen molar-refractivity contribution in [2.24, 2.45) is 0 Å². The van der Waals surface area contributed by atoms with E-state index in [1.54, 1.807) is 6.92 Å². The van der Waals surface area contributed by atoms with Crippen LogP contribution in [0.3, 0.4) is 0 Å². The van der Waals surface area contributed by atoms with Gasteiger partial charge in [-0.25, -0.2) is 17.5 Å². The third-order valence-electron chi connectivity index (χ3n) is 3.76. The van der Waals surface area contributed by atoms with Crippen LogP contribution in [0.15, 0.2) is 47.6 Å². The summed E-state index contributed by atoms with van der Waals surface area (Å²) >= 11 is 0. The lowest BCUT2D eigenvalue weighted by Crippen LogP contribution is -2.36. The average molecular weight is 408 g/mol. The van der Waals surface area contributed by atoms with Crippen LogP contribution in [0.2, 0.25) is 0 Å². The van der Waals surface area contributed by atoms with E-state index in [4.69, 9.17) is 0 Å². The molecule has 0 aliphatic carbocycles. The van der Waals surface area contributed by atoms with Gasteiger partial charge in [0.2, 0.25) is 15.9 Å². The van der Waals surface area contributed by atoms with E-state index in [1.807, 2.05) is 0 Å². The minimum atomic E-state index is -3.71. The topological polar surface area (TPSA) is 117 Å². The molecule has 1 heterocycles. The summed E-state index contributed by atoms with van der Waals surface area (Å²) in [6.45, 7) is 1.84. The van der Waals surface area contributed by atoms with Crippen LogP contribution >= 0.6 is 0 Å². The second-order valence-electron chi connectivity index (χ2n) is 5.91. The molecule has 0 saturated carbocycles. The fourth-order valence-electron chi connectivity index (χ4n) is 2.19. The fourth-order valence-corrected chi connectivity index (χ4v) is 3.19. The first-order valence-corrected chi connectivity index (χ1v) is 9.98. The highest BCUT2D eigenvalue weighted by Gasteiger charge is 2.14. The van der Waals surface area contributed by atoms with Crippen molar-refractivity contribution in [1.29, 1.82) is 0 Å². The molecule has 1 aromatic carbocycles. The van der Waals surface area contributed by atoms with Crippen molar-refractivity contribution in [2.45, 2.75) is 18.2 Å². The molecule has 0 aliphatic heterocycles. The van der Waals surface area contributed by atoms with E-state index in [1.165, 1.54) is 36.7 Å². The van der Waals surface area contributed by atoms with Gasteiger partial charge in [-0.15, -0.1) is 0 Å². The molecule has 0 bridgehead atoms. The predicted octanol–water partition coefficient (Wildman–Crippen LogP) is 0.744. The molecule has 28 heavy (non-hydrogen) atoms. The smallest absolute Gasteiger partial charge is 0.251 e. The minimum Gasteiger partial charge on any atom is -0.354 e. The lowest BCUT2D eigenvalue weighted by Gasteiger charge is -2.09. The number of aromatic nitrogens is 1. The number of hydrogen-bond donors (Lipinski definition) is 3. The Morgan fingerprint density at radius 3 is 2.54 bits per heavy atom. The van der Waals surface area contributed by atoms with Crippen molar-refractivity contribution in [3.8, 4) is 0 Å². The van der Waals surface area contributed by atoms with Crippen LogP contribution in [0.1, 0.15) is 22.3 Å². The Kier molecular flexibility index (Phi) is 7.59. The molecule has 2 amide bonds. The standard InChI is InChI=1S/C18H21FN4O4S/c1-13-4-5-14(11-16(13)19)18(25)22-10-9-21-17(24)6-8-23-28(26,27)15-3-2-7-20-12-15/h2-5,7,11-12,23H,6,8-10H2,1H3,(H,21,24)(H,22,25). The van der Waals surface area contributed by atoms with E-state index in [0.29, 0.717) is 5.56 Å². The van der Waals surface area contributed by atoms with Crippen molar-refractivity contribution in [3.05, 3.63) is 59.7 Å². The molecule has 0 spiro atoms. The molecule has 150 valence electrons. The summed E-state index contributed by atoms with van der Waals surface area (Å²) in [6, 6.07) is 7.08. The molecular formula is C18H21FN4O4S. The molecule has 0 unspecified atom stereocenters. The summed E-state index contributed by atoms with van der Waals surface area (Å²) in [4.78, 5) is 27.4. The lowest BCUT2D eigenvalue weighted by molar-refractivity contribution is -0.120. The van der Waals surface area contributed by atoms with Crippen LogP contribution < -0.4 is 15.4 Å². The highest BCUT2D eigenvalue weighted by molar-refractivity contribution is 7.89. The number of rotatable bonds is 9. The summed E-state index contributed by atoms with van der Waals surface area (Å²) in [5, 5.41) is 5.13. The quantitative estimate of drug-likeness (QED) is 0.529. The number of aryl methyl sites for hydroxylation is 1. The van der Waals surface area contributed by atoms with Gasteiger partial charge in [0.15, 0.2) is 0 Å². The maximum Gasteiger partial charge on any atom is 0.251 e. The van der Waals surface area contributed by atoms with Crippen LogP contribution in [0.25, 0.3) is 0 Å². The van der Waals surface area contributed by atoms with Gasteiger partial charge >= 0.3 is 0 Å². The fraction of sp³-hybridized carbons (Fsp3) is 0.278. The second-order valence-corrected chi connectivity index (χ2v) is 7.67. The maximum absolute atomic E-state index is 13.5. The first-order valence-electron chi connectivity index (χ1n) is 8.50. The van der Waals surface area contributed by atoms with Crippen molar-refractivity contribution in [2.75, 3.05) is 19.6 Å². The van der Waals surface area contributed by atoms with Crippen LogP contribution in [0, 0.1) is 12.7 Å². The highest BCUT2D eigenvalue weighted by Crippen LogP contribution is 2.09. The monoisotopic (exact) mass is 408 g/mol. The average Bonchev–Trinajstić information content (AvgIpc) is 2.67. The zero-order valence-electron chi connectivity index (χ0n) is 15.2. The molecule has 10 heteroatoms. The van der Waals surface area contributed by atoms with E-state index < -0.39 is 21.7 Å². The minimum absolute atomic E-state index is 0.0191. The van der Waals surface area contributed by atoms with Crippen molar-refractivity contribution < 1.29 is 22.4 Å². The number of benzene rings is 1. The Bertz CT molecular complexity index is 936. The van der Waals surface area contributed by atoms with Crippen molar-refractivity contribution in [1.82, 2.24) is 20.3 Å². The molecule has 0 saturated heterocycles. The second kappa shape index (κ2) is 9.90. The van der Waals surface area contributed by atoms with E-state index in [2.05, 4.69) is 20.3 Å². The number of carbonyl (C=O) groups is 2. The molecular weight excluding hydrogens is 387 g/mol. The van der Waals surface area contributed by atoms with Gasteiger partial charge in [0, 0.05) is 44.0 Å². The molecule has 0 fully saturated rings. The number of nitrogens with zero attached hydrogens (tertiary/aromatic N) is 1. The number of pyridine rings is 1. The van der Waals surface area contributed by atoms with Gasteiger partial charge in [0.05, 0.1) is 0 Å². The Hall–Kier alpha value is -2.85. The Labute approximate surface area is 162 Å². The predicted molar refractivity (Wildman–Crippen MR) is 101 cm³/mol. The number of amides is 2. The molecule has 3 N–H and O–H groups in total. The van der Waals surface area contributed by atoms with E-state index in [0.717, 1.165) is 6.07 Å². The normalized spacial score (nSPS) is 11.1. The molecule has 8 nitrogen and oxygen atoms in total. The first kappa shape index (κ1) is 21.5. The molecule has 2 aromatic rings. The summed E-state index contributed by atoms with van der Waals surface area (Å²) in [5.74, 6) is -1.28. The molecule has 2 rings (SSSR count). The number of nitrogens with one attached hydrogen (secondary N) is 3. The van der Waals surface area contributed by atoms with Crippen LogP contribution in [0.5, 0.6) is 0 Å². The molecule has 0 aliphatic rings. The Morgan fingerprint density at radius 2 is 1.86 bits per heavy atom. The van der Waals surface area contributed by atoms with Gasteiger partial charge in [0.25, 0.3) is 5.91 Å². The Balaban J connectivity index is 1.66. The van der Waals surface area contributed by atoms with E-state index >= 15 is 0 Å². The summed E-state index contributed by atoms with van der Waals surface area (Å²) in [5.41, 5.74) is 0.641. The first-order chi connectivity index (χ1) is 13.3. The van der Waals surface area contributed by atoms with Gasteiger partial charge in [-0.05, 0) is 36.8 Å².